The lowest BCUT2D eigenvalue weighted by molar-refractivity contribution is 0.234. The van der Waals surface area contributed by atoms with E-state index in [9.17, 15) is 0 Å². The van der Waals surface area contributed by atoms with Crippen LogP contribution in [0.1, 0.15) is 25.6 Å². The Morgan fingerprint density at radius 1 is 1.57 bits per heavy atom. The van der Waals surface area contributed by atoms with Gasteiger partial charge in [-0.25, -0.2) is 0 Å². The van der Waals surface area contributed by atoms with Crippen LogP contribution in [0.4, 0.5) is 0 Å². The van der Waals surface area contributed by atoms with Gasteiger partial charge in [-0.3, -0.25) is 4.90 Å². The molecule has 0 amide bonds. The maximum Gasteiger partial charge on any atom is 0.156 e. The molecule has 3 heteroatoms. The summed E-state index contributed by atoms with van der Waals surface area (Å²) in [5.74, 6) is 1.27. The molecule has 1 atom stereocenters. The SMILES string of the molecule is CC(C)CN(C)C(C#N)c1ccco1. The van der Waals surface area contributed by atoms with Crippen molar-refractivity contribution in [3.05, 3.63) is 24.2 Å². The van der Waals surface area contributed by atoms with Gasteiger partial charge in [0.15, 0.2) is 6.04 Å². The molecule has 0 aliphatic carbocycles. The lowest BCUT2D eigenvalue weighted by Crippen LogP contribution is -2.27. The first-order valence-corrected chi connectivity index (χ1v) is 4.78. The van der Waals surface area contributed by atoms with Crippen molar-refractivity contribution in [2.45, 2.75) is 19.9 Å². The summed E-state index contributed by atoms with van der Waals surface area (Å²) in [6.07, 6.45) is 1.60. The monoisotopic (exact) mass is 192 g/mol. The maximum absolute atomic E-state index is 9.03. The van der Waals surface area contributed by atoms with E-state index < -0.39 is 0 Å². The molecule has 0 spiro atoms. The average molecular weight is 192 g/mol. The van der Waals surface area contributed by atoms with Crippen LogP contribution in [0.25, 0.3) is 0 Å². The van der Waals surface area contributed by atoms with Crippen LogP contribution in [0.2, 0.25) is 0 Å². The van der Waals surface area contributed by atoms with Crippen LogP contribution in [0.15, 0.2) is 22.8 Å². The first kappa shape index (κ1) is 10.8. The Hall–Kier alpha value is -1.27. The number of nitriles is 1. The predicted molar refractivity (Wildman–Crippen MR) is 54.5 cm³/mol. The minimum atomic E-state index is -0.271. The number of hydrogen-bond donors (Lipinski definition) is 0. The van der Waals surface area contributed by atoms with E-state index in [1.807, 2.05) is 24.1 Å². The van der Waals surface area contributed by atoms with Crippen molar-refractivity contribution in [1.29, 1.82) is 5.26 Å². The van der Waals surface area contributed by atoms with Gasteiger partial charge >= 0.3 is 0 Å². The van der Waals surface area contributed by atoms with Gasteiger partial charge in [0, 0.05) is 6.54 Å². The van der Waals surface area contributed by atoms with Crippen molar-refractivity contribution in [3.8, 4) is 6.07 Å². The molecule has 0 N–H and O–H groups in total. The Labute approximate surface area is 84.9 Å². The molecule has 14 heavy (non-hydrogen) atoms. The van der Waals surface area contributed by atoms with Crippen molar-refractivity contribution in [2.75, 3.05) is 13.6 Å². The molecule has 0 radical (unpaired) electrons. The average Bonchev–Trinajstić information content (AvgIpc) is 2.57. The molecule has 0 saturated heterocycles. The highest BCUT2D eigenvalue weighted by molar-refractivity contribution is 5.12. The van der Waals surface area contributed by atoms with E-state index in [0.717, 1.165) is 12.3 Å². The van der Waals surface area contributed by atoms with Gasteiger partial charge in [-0.1, -0.05) is 13.8 Å². The largest absolute Gasteiger partial charge is 0.467 e. The Morgan fingerprint density at radius 3 is 2.71 bits per heavy atom. The second-order valence-corrected chi connectivity index (χ2v) is 3.88. The highest BCUT2D eigenvalue weighted by Crippen LogP contribution is 2.19. The second-order valence-electron chi connectivity index (χ2n) is 3.88. The predicted octanol–water partition coefficient (Wildman–Crippen LogP) is 2.43. The quantitative estimate of drug-likeness (QED) is 0.735. The highest BCUT2D eigenvalue weighted by Gasteiger charge is 2.19. The summed E-state index contributed by atoms with van der Waals surface area (Å²) in [6.45, 7) is 5.15. The minimum Gasteiger partial charge on any atom is -0.467 e. The van der Waals surface area contributed by atoms with Crippen molar-refractivity contribution in [2.24, 2.45) is 5.92 Å². The molecular formula is C11H16N2O. The smallest absolute Gasteiger partial charge is 0.156 e. The molecule has 0 fully saturated rings. The first-order chi connectivity index (χ1) is 6.65. The van der Waals surface area contributed by atoms with Gasteiger partial charge in [0.25, 0.3) is 0 Å². The molecule has 1 rings (SSSR count). The van der Waals surface area contributed by atoms with Crippen LogP contribution in [0, 0.1) is 17.2 Å². The normalized spacial score (nSPS) is 13.1. The number of hydrogen-bond acceptors (Lipinski definition) is 3. The van der Waals surface area contributed by atoms with Gasteiger partial charge in [0.2, 0.25) is 0 Å². The summed E-state index contributed by atoms with van der Waals surface area (Å²) in [4.78, 5) is 2.00. The molecule has 1 unspecified atom stereocenters. The number of rotatable bonds is 4. The highest BCUT2D eigenvalue weighted by atomic mass is 16.3. The van der Waals surface area contributed by atoms with Crippen molar-refractivity contribution < 1.29 is 4.42 Å². The molecule has 0 aromatic carbocycles. The fraction of sp³-hybridized carbons (Fsp3) is 0.545. The van der Waals surface area contributed by atoms with E-state index in [2.05, 4.69) is 19.9 Å². The fourth-order valence-electron chi connectivity index (χ4n) is 1.51. The first-order valence-electron chi connectivity index (χ1n) is 4.78. The molecule has 0 saturated carbocycles. The Morgan fingerprint density at radius 2 is 2.29 bits per heavy atom. The third-order valence-corrected chi connectivity index (χ3v) is 2.03. The van der Waals surface area contributed by atoms with E-state index in [1.54, 1.807) is 6.26 Å². The maximum atomic E-state index is 9.03. The van der Waals surface area contributed by atoms with Crippen LogP contribution in [0.3, 0.4) is 0 Å². The third kappa shape index (κ3) is 2.61. The van der Waals surface area contributed by atoms with Crippen LogP contribution in [-0.2, 0) is 0 Å². The number of furan rings is 1. The summed E-state index contributed by atoms with van der Waals surface area (Å²) in [5.41, 5.74) is 0. The summed E-state index contributed by atoms with van der Waals surface area (Å²) in [6, 6.07) is 5.62. The lowest BCUT2D eigenvalue weighted by Gasteiger charge is -2.22. The molecular weight excluding hydrogens is 176 g/mol. The standard InChI is InChI=1S/C11H16N2O/c1-9(2)8-13(3)10(7-12)11-5-4-6-14-11/h4-6,9-10H,8H2,1-3H3. The second kappa shape index (κ2) is 4.83. The summed E-state index contributed by atoms with van der Waals surface area (Å²) in [5, 5.41) is 9.03. The molecule has 0 aliphatic heterocycles. The van der Waals surface area contributed by atoms with Crippen molar-refractivity contribution in [1.82, 2.24) is 4.90 Å². The van der Waals surface area contributed by atoms with Gasteiger partial charge in [0.1, 0.15) is 5.76 Å². The summed E-state index contributed by atoms with van der Waals surface area (Å²) >= 11 is 0. The van der Waals surface area contributed by atoms with Crippen LogP contribution in [-0.4, -0.2) is 18.5 Å². The molecule has 1 heterocycles. The summed E-state index contributed by atoms with van der Waals surface area (Å²) in [7, 11) is 1.94. The Bertz CT molecular complexity index is 298. The number of nitrogens with zero attached hydrogens (tertiary/aromatic N) is 2. The molecule has 3 nitrogen and oxygen atoms in total. The Kier molecular flexibility index (Phi) is 3.73. The zero-order valence-electron chi connectivity index (χ0n) is 8.90. The zero-order valence-corrected chi connectivity index (χ0v) is 8.90. The molecule has 76 valence electrons. The van der Waals surface area contributed by atoms with E-state index in [-0.39, 0.29) is 6.04 Å². The van der Waals surface area contributed by atoms with Gasteiger partial charge in [-0.15, -0.1) is 0 Å². The van der Waals surface area contributed by atoms with Crippen LogP contribution in [0.5, 0.6) is 0 Å². The topological polar surface area (TPSA) is 40.2 Å². The van der Waals surface area contributed by atoms with Crippen LogP contribution >= 0.6 is 0 Å². The molecule has 0 aliphatic rings. The van der Waals surface area contributed by atoms with E-state index in [1.165, 1.54) is 0 Å². The third-order valence-electron chi connectivity index (χ3n) is 2.03. The van der Waals surface area contributed by atoms with Crippen LogP contribution < -0.4 is 0 Å². The molecule has 1 aromatic rings. The lowest BCUT2D eigenvalue weighted by atomic mass is 10.1. The summed E-state index contributed by atoms with van der Waals surface area (Å²) < 4.78 is 5.23. The van der Waals surface area contributed by atoms with Gasteiger partial charge < -0.3 is 4.42 Å². The fourth-order valence-corrected chi connectivity index (χ4v) is 1.51. The van der Waals surface area contributed by atoms with Crippen molar-refractivity contribution in [3.63, 3.8) is 0 Å². The van der Waals surface area contributed by atoms with Crippen molar-refractivity contribution >= 4 is 0 Å². The Balaban J connectivity index is 2.69. The van der Waals surface area contributed by atoms with Gasteiger partial charge in [0.05, 0.1) is 12.3 Å². The van der Waals surface area contributed by atoms with E-state index >= 15 is 0 Å². The van der Waals surface area contributed by atoms with Gasteiger partial charge in [-0.05, 0) is 25.1 Å². The van der Waals surface area contributed by atoms with Gasteiger partial charge in [-0.2, -0.15) is 5.26 Å². The minimum absolute atomic E-state index is 0.271. The van der Waals surface area contributed by atoms with E-state index in [4.69, 9.17) is 9.68 Å². The van der Waals surface area contributed by atoms with E-state index in [0.29, 0.717) is 5.92 Å². The molecule has 0 bridgehead atoms. The molecule has 1 aromatic heterocycles. The zero-order chi connectivity index (χ0) is 10.6.